The molecule has 1 fully saturated rings. The van der Waals surface area contributed by atoms with E-state index in [9.17, 15) is 19.7 Å². The Morgan fingerprint density at radius 3 is 2.81 bits per heavy atom. The summed E-state index contributed by atoms with van der Waals surface area (Å²) < 4.78 is 0. The number of hydrogen-bond acceptors (Lipinski definition) is 5. The van der Waals surface area contributed by atoms with E-state index in [1.165, 1.54) is 12.1 Å². The quantitative estimate of drug-likeness (QED) is 0.606. The summed E-state index contributed by atoms with van der Waals surface area (Å²) in [5.41, 5.74) is 0.0268. The van der Waals surface area contributed by atoms with Crippen LogP contribution in [0.5, 0.6) is 0 Å². The number of benzene rings is 1. The van der Waals surface area contributed by atoms with Crippen LogP contribution in [-0.2, 0) is 11.3 Å². The average molecular weight is 388 g/mol. The lowest BCUT2D eigenvalue weighted by atomic mass is 9.97. The number of rotatable bonds is 5. The van der Waals surface area contributed by atoms with E-state index in [-0.39, 0.29) is 23.3 Å². The lowest BCUT2D eigenvalue weighted by Gasteiger charge is -2.32. The molecule has 1 unspecified atom stereocenters. The molecule has 3 rings (SSSR count). The van der Waals surface area contributed by atoms with E-state index >= 15 is 0 Å². The van der Waals surface area contributed by atoms with Gasteiger partial charge in [-0.15, -0.1) is 11.3 Å². The van der Waals surface area contributed by atoms with E-state index in [1.807, 2.05) is 17.5 Å². The molecule has 2 aromatic rings. The molecule has 1 aromatic carbocycles. The summed E-state index contributed by atoms with van der Waals surface area (Å²) in [6, 6.07) is 9.71. The van der Waals surface area contributed by atoms with Crippen LogP contribution in [0.1, 0.15) is 17.7 Å². The van der Waals surface area contributed by atoms with Crippen molar-refractivity contribution in [2.75, 3.05) is 18.4 Å². The smallest absolute Gasteiger partial charge is 0.317 e. The molecule has 1 atom stereocenters. The molecule has 2 N–H and O–H groups in total. The summed E-state index contributed by atoms with van der Waals surface area (Å²) in [6.45, 7) is 1.34. The van der Waals surface area contributed by atoms with Crippen LogP contribution in [0.2, 0.25) is 0 Å². The van der Waals surface area contributed by atoms with Gasteiger partial charge in [-0.1, -0.05) is 18.2 Å². The zero-order valence-electron chi connectivity index (χ0n) is 14.6. The molecular weight excluding hydrogens is 368 g/mol. The van der Waals surface area contributed by atoms with Crippen LogP contribution in [0.4, 0.5) is 16.2 Å². The number of nitro groups is 1. The summed E-state index contributed by atoms with van der Waals surface area (Å²) in [5.74, 6) is -0.703. The van der Waals surface area contributed by atoms with Crippen molar-refractivity contribution >= 4 is 34.6 Å². The number of nitrogens with one attached hydrogen (secondary N) is 2. The molecule has 0 saturated carbocycles. The highest BCUT2D eigenvalue weighted by atomic mass is 32.1. The maximum Gasteiger partial charge on any atom is 0.317 e. The lowest BCUT2D eigenvalue weighted by Crippen LogP contribution is -2.47. The second kappa shape index (κ2) is 8.63. The van der Waals surface area contributed by atoms with E-state index in [1.54, 1.807) is 28.4 Å². The number of nitro benzene ring substituents is 1. The number of anilines is 1. The predicted molar refractivity (Wildman–Crippen MR) is 103 cm³/mol. The first-order valence-corrected chi connectivity index (χ1v) is 9.52. The zero-order chi connectivity index (χ0) is 19.2. The average Bonchev–Trinajstić information content (AvgIpc) is 3.20. The van der Waals surface area contributed by atoms with Crippen LogP contribution in [0.3, 0.4) is 0 Å². The number of thiophene rings is 1. The number of piperidine rings is 1. The molecule has 0 bridgehead atoms. The van der Waals surface area contributed by atoms with Gasteiger partial charge in [-0.3, -0.25) is 14.9 Å². The van der Waals surface area contributed by atoms with Gasteiger partial charge in [0.25, 0.3) is 5.69 Å². The Morgan fingerprint density at radius 2 is 2.07 bits per heavy atom. The van der Waals surface area contributed by atoms with Crippen molar-refractivity contribution in [1.82, 2.24) is 10.2 Å². The molecule has 1 aromatic heterocycles. The van der Waals surface area contributed by atoms with E-state index in [2.05, 4.69) is 10.6 Å². The van der Waals surface area contributed by atoms with E-state index in [4.69, 9.17) is 0 Å². The van der Waals surface area contributed by atoms with Crippen molar-refractivity contribution in [3.8, 4) is 0 Å². The van der Waals surface area contributed by atoms with Gasteiger partial charge in [0, 0.05) is 24.0 Å². The van der Waals surface area contributed by atoms with Crippen LogP contribution in [0.25, 0.3) is 0 Å². The van der Waals surface area contributed by atoms with Crippen molar-refractivity contribution in [1.29, 1.82) is 0 Å². The predicted octanol–water partition coefficient (Wildman–Crippen LogP) is 3.22. The first-order valence-electron chi connectivity index (χ1n) is 8.64. The Labute approximate surface area is 160 Å². The van der Waals surface area contributed by atoms with Crippen molar-refractivity contribution in [3.63, 3.8) is 0 Å². The molecule has 8 nitrogen and oxygen atoms in total. The molecule has 0 aliphatic carbocycles. The minimum atomic E-state index is -0.527. The summed E-state index contributed by atoms with van der Waals surface area (Å²) >= 11 is 1.57. The third-order valence-corrected chi connectivity index (χ3v) is 5.31. The van der Waals surface area contributed by atoms with Crippen LogP contribution in [0.15, 0.2) is 41.8 Å². The number of urea groups is 1. The molecule has 0 spiro atoms. The molecule has 1 saturated heterocycles. The molecule has 3 amide bonds. The van der Waals surface area contributed by atoms with E-state index in [0.29, 0.717) is 32.5 Å². The summed E-state index contributed by atoms with van der Waals surface area (Å²) in [5, 5.41) is 18.5. The minimum absolute atomic E-state index is 0.146. The first-order chi connectivity index (χ1) is 13.0. The standard InChI is InChI=1S/C18H20N4O4S/c23-17(20-15-7-1-2-8-16(15)22(25)26)13-5-3-9-21(12-13)18(24)19-11-14-6-4-10-27-14/h1-2,4,6-8,10,13H,3,5,9,11-12H2,(H,19,24)(H,20,23). The minimum Gasteiger partial charge on any atom is -0.333 e. The van der Waals surface area contributed by atoms with Crippen LogP contribution < -0.4 is 10.6 Å². The second-order valence-electron chi connectivity index (χ2n) is 6.29. The van der Waals surface area contributed by atoms with E-state index < -0.39 is 10.8 Å². The Balaban J connectivity index is 1.58. The van der Waals surface area contributed by atoms with Crippen LogP contribution in [-0.4, -0.2) is 34.9 Å². The highest BCUT2D eigenvalue weighted by Gasteiger charge is 2.29. The summed E-state index contributed by atoms with van der Waals surface area (Å²) in [4.78, 5) is 38.2. The Bertz CT molecular complexity index is 825. The number of hydrogen-bond donors (Lipinski definition) is 2. The van der Waals surface area contributed by atoms with Gasteiger partial charge in [0.15, 0.2) is 0 Å². The molecule has 2 heterocycles. The van der Waals surface area contributed by atoms with Crippen molar-refractivity contribution < 1.29 is 14.5 Å². The number of likely N-dealkylation sites (tertiary alicyclic amines) is 1. The van der Waals surface area contributed by atoms with Gasteiger partial charge < -0.3 is 15.5 Å². The van der Waals surface area contributed by atoms with Crippen molar-refractivity contribution in [3.05, 3.63) is 56.8 Å². The van der Waals surface area contributed by atoms with Crippen LogP contribution >= 0.6 is 11.3 Å². The van der Waals surface area contributed by atoms with Crippen molar-refractivity contribution in [2.24, 2.45) is 5.92 Å². The number of carbonyl (C=O) groups excluding carboxylic acids is 2. The maximum absolute atomic E-state index is 12.6. The molecule has 9 heteroatoms. The fraction of sp³-hybridized carbons (Fsp3) is 0.333. The van der Waals surface area contributed by atoms with Gasteiger partial charge in [0.1, 0.15) is 5.69 Å². The fourth-order valence-corrected chi connectivity index (χ4v) is 3.68. The van der Waals surface area contributed by atoms with E-state index in [0.717, 1.165) is 4.88 Å². The van der Waals surface area contributed by atoms with Gasteiger partial charge in [0.05, 0.1) is 17.4 Å². The van der Waals surface area contributed by atoms with Gasteiger partial charge >= 0.3 is 6.03 Å². The van der Waals surface area contributed by atoms with Crippen molar-refractivity contribution in [2.45, 2.75) is 19.4 Å². The molecule has 27 heavy (non-hydrogen) atoms. The highest BCUT2D eigenvalue weighted by Crippen LogP contribution is 2.25. The molecule has 1 aliphatic heterocycles. The third kappa shape index (κ3) is 4.82. The topological polar surface area (TPSA) is 105 Å². The number of amides is 3. The third-order valence-electron chi connectivity index (χ3n) is 4.43. The first kappa shape index (κ1) is 18.8. The maximum atomic E-state index is 12.6. The highest BCUT2D eigenvalue weighted by molar-refractivity contribution is 7.09. The van der Waals surface area contributed by atoms with Crippen LogP contribution in [0, 0.1) is 16.0 Å². The fourth-order valence-electron chi connectivity index (χ4n) is 3.04. The molecule has 0 radical (unpaired) electrons. The lowest BCUT2D eigenvalue weighted by molar-refractivity contribution is -0.383. The number of nitrogens with zero attached hydrogens (tertiary/aromatic N) is 2. The molecule has 142 valence electrons. The largest absolute Gasteiger partial charge is 0.333 e. The van der Waals surface area contributed by atoms with Gasteiger partial charge in [-0.25, -0.2) is 4.79 Å². The second-order valence-corrected chi connectivity index (χ2v) is 7.32. The SMILES string of the molecule is O=C(Nc1ccccc1[N+](=O)[O-])C1CCCN(C(=O)NCc2cccs2)C1. The number of para-hydroxylation sites is 2. The van der Waals surface area contributed by atoms with Gasteiger partial charge in [-0.2, -0.15) is 0 Å². The Kier molecular flexibility index (Phi) is 6.02. The van der Waals surface area contributed by atoms with Gasteiger partial charge in [0.2, 0.25) is 5.91 Å². The number of carbonyl (C=O) groups is 2. The monoisotopic (exact) mass is 388 g/mol. The summed E-state index contributed by atoms with van der Waals surface area (Å²) in [7, 11) is 0. The zero-order valence-corrected chi connectivity index (χ0v) is 15.4. The summed E-state index contributed by atoms with van der Waals surface area (Å²) in [6.07, 6.45) is 1.35. The Morgan fingerprint density at radius 1 is 1.26 bits per heavy atom. The molecule has 1 aliphatic rings. The van der Waals surface area contributed by atoms with Gasteiger partial charge in [-0.05, 0) is 30.4 Å². The Hall–Kier alpha value is -2.94. The molecular formula is C18H20N4O4S. The normalized spacial score (nSPS) is 16.6.